The molecule has 1 amide bonds. The number of carbonyl (C=O) groups is 1. The summed E-state index contributed by atoms with van der Waals surface area (Å²) < 4.78 is 0. The Kier molecular flexibility index (Phi) is 7.01. The van der Waals surface area contributed by atoms with Gasteiger partial charge in [0.15, 0.2) is 0 Å². The number of hydrogen-bond acceptors (Lipinski definition) is 4. The average molecular weight is 278 g/mol. The van der Waals surface area contributed by atoms with Gasteiger partial charge in [-0.1, -0.05) is 33.3 Å². The molecule has 1 aromatic rings. The van der Waals surface area contributed by atoms with E-state index in [0.29, 0.717) is 6.04 Å². The molecule has 1 aromatic heterocycles. The number of amides is 1. The van der Waals surface area contributed by atoms with Crippen molar-refractivity contribution in [1.29, 1.82) is 0 Å². The van der Waals surface area contributed by atoms with Crippen LogP contribution in [0.25, 0.3) is 0 Å². The Balaban J connectivity index is 2.68. The van der Waals surface area contributed by atoms with Crippen molar-refractivity contribution in [1.82, 2.24) is 10.3 Å². The SMILES string of the molecule is CCCCN(CC(N)=O)c1ccc(CNC(C)C)cn1. The van der Waals surface area contributed by atoms with Crippen molar-refractivity contribution >= 4 is 11.7 Å². The third-order valence-electron chi connectivity index (χ3n) is 2.98. The van der Waals surface area contributed by atoms with Gasteiger partial charge >= 0.3 is 0 Å². The van der Waals surface area contributed by atoms with E-state index in [1.807, 2.05) is 23.2 Å². The Morgan fingerprint density at radius 1 is 1.45 bits per heavy atom. The largest absolute Gasteiger partial charge is 0.368 e. The van der Waals surface area contributed by atoms with Gasteiger partial charge in [0, 0.05) is 25.3 Å². The third kappa shape index (κ3) is 6.02. The molecular formula is C15H26N4O. The summed E-state index contributed by atoms with van der Waals surface area (Å²) in [5, 5.41) is 3.35. The van der Waals surface area contributed by atoms with Gasteiger partial charge in [-0.25, -0.2) is 4.98 Å². The highest BCUT2D eigenvalue weighted by Gasteiger charge is 2.10. The number of anilines is 1. The van der Waals surface area contributed by atoms with Crippen LogP contribution in [-0.2, 0) is 11.3 Å². The van der Waals surface area contributed by atoms with E-state index >= 15 is 0 Å². The summed E-state index contributed by atoms with van der Waals surface area (Å²) in [6, 6.07) is 4.44. The Bertz CT molecular complexity index is 403. The second-order valence-corrected chi connectivity index (χ2v) is 5.30. The monoisotopic (exact) mass is 278 g/mol. The first-order valence-electron chi connectivity index (χ1n) is 7.24. The van der Waals surface area contributed by atoms with Crippen molar-refractivity contribution in [3.05, 3.63) is 23.9 Å². The number of nitrogens with one attached hydrogen (secondary N) is 1. The highest BCUT2D eigenvalue weighted by atomic mass is 16.1. The first-order valence-corrected chi connectivity index (χ1v) is 7.24. The van der Waals surface area contributed by atoms with E-state index in [-0.39, 0.29) is 12.5 Å². The molecule has 3 N–H and O–H groups in total. The van der Waals surface area contributed by atoms with Crippen LogP contribution in [0.4, 0.5) is 5.82 Å². The molecule has 0 aliphatic heterocycles. The Morgan fingerprint density at radius 2 is 2.20 bits per heavy atom. The summed E-state index contributed by atoms with van der Waals surface area (Å²) in [5.74, 6) is 0.485. The van der Waals surface area contributed by atoms with Crippen molar-refractivity contribution in [3.8, 4) is 0 Å². The molecular weight excluding hydrogens is 252 g/mol. The van der Waals surface area contributed by atoms with Crippen LogP contribution in [0.15, 0.2) is 18.3 Å². The molecule has 1 heterocycles. The second kappa shape index (κ2) is 8.53. The van der Waals surface area contributed by atoms with Gasteiger partial charge in [0.25, 0.3) is 0 Å². The predicted octanol–water partition coefficient (Wildman–Crippen LogP) is 1.67. The molecule has 5 heteroatoms. The Labute approximate surface area is 121 Å². The Morgan fingerprint density at radius 3 is 2.70 bits per heavy atom. The number of nitrogens with two attached hydrogens (primary N) is 1. The van der Waals surface area contributed by atoms with E-state index in [2.05, 4.69) is 31.1 Å². The molecule has 0 saturated heterocycles. The number of pyridine rings is 1. The van der Waals surface area contributed by atoms with Crippen molar-refractivity contribution in [2.75, 3.05) is 18.0 Å². The number of carbonyl (C=O) groups excluding carboxylic acids is 1. The van der Waals surface area contributed by atoms with Crippen LogP contribution < -0.4 is 16.0 Å². The zero-order chi connectivity index (χ0) is 15.0. The standard InChI is InChI=1S/C15H26N4O/c1-4-5-8-19(11-14(16)20)15-7-6-13(10-18-15)9-17-12(2)3/h6-7,10,12,17H,4-5,8-9,11H2,1-3H3,(H2,16,20). The lowest BCUT2D eigenvalue weighted by atomic mass is 10.2. The number of aromatic nitrogens is 1. The lowest BCUT2D eigenvalue weighted by Crippen LogP contribution is -2.35. The predicted molar refractivity (Wildman–Crippen MR) is 82.5 cm³/mol. The van der Waals surface area contributed by atoms with Gasteiger partial charge in [0.1, 0.15) is 5.82 Å². The van der Waals surface area contributed by atoms with E-state index in [1.54, 1.807) is 0 Å². The van der Waals surface area contributed by atoms with Gasteiger partial charge in [-0.2, -0.15) is 0 Å². The zero-order valence-electron chi connectivity index (χ0n) is 12.7. The van der Waals surface area contributed by atoms with E-state index in [1.165, 1.54) is 0 Å². The van der Waals surface area contributed by atoms with Gasteiger partial charge in [-0.15, -0.1) is 0 Å². The molecule has 0 aliphatic rings. The van der Waals surface area contributed by atoms with Crippen LogP contribution in [0.3, 0.4) is 0 Å². The fourth-order valence-corrected chi connectivity index (χ4v) is 1.84. The van der Waals surface area contributed by atoms with Crippen LogP contribution >= 0.6 is 0 Å². The molecule has 1 rings (SSSR count). The normalized spacial score (nSPS) is 10.8. The lowest BCUT2D eigenvalue weighted by molar-refractivity contribution is -0.116. The number of primary amides is 1. The molecule has 0 aromatic carbocycles. The minimum absolute atomic E-state index is 0.219. The van der Waals surface area contributed by atoms with Crippen LogP contribution in [-0.4, -0.2) is 30.0 Å². The highest BCUT2D eigenvalue weighted by Crippen LogP contribution is 2.12. The van der Waals surface area contributed by atoms with Gasteiger partial charge in [0.2, 0.25) is 5.91 Å². The molecule has 5 nitrogen and oxygen atoms in total. The summed E-state index contributed by atoms with van der Waals surface area (Å²) in [4.78, 5) is 17.5. The zero-order valence-corrected chi connectivity index (χ0v) is 12.7. The van der Waals surface area contributed by atoms with Crippen molar-refractivity contribution in [2.24, 2.45) is 5.73 Å². The van der Waals surface area contributed by atoms with Crippen molar-refractivity contribution in [3.63, 3.8) is 0 Å². The minimum Gasteiger partial charge on any atom is -0.368 e. The topological polar surface area (TPSA) is 71.2 Å². The molecule has 0 fully saturated rings. The third-order valence-corrected chi connectivity index (χ3v) is 2.98. The molecule has 0 bridgehead atoms. The van der Waals surface area contributed by atoms with Crippen LogP contribution in [0.1, 0.15) is 39.2 Å². The highest BCUT2D eigenvalue weighted by molar-refractivity contribution is 5.79. The van der Waals surface area contributed by atoms with Crippen molar-refractivity contribution < 1.29 is 4.79 Å². The average Bonchev–Trinajstić information content (AvgIpc) is 2.41. The molecule has 0 spiro atoms. The van der Waals surface area contributed by atoms with Gasteiger partial charge in [0.05, 0.1) is 6.54 Å². The number of unbranched alkanes of at least 4 members (excludes halogenated alkanes) is 1. The molecule has 0 radical (unpaired) electrons. The first-order chi connectivity index (χ1) is 9.52. The molecule has 0 aliphatic carbocycles. The quantitative estimate of drug-likeness (QED) is 0.721. The van der Waals surface area contributed by atoms with Gasteiger partial charge in [-0.05, 0) is 18.1 Å². The molecule has 0 saturated carbocycles. The summed E-state index contributed by atoms with van der Waals surface area (Å²) in [5.41, 5.74) is 6.43. The summed E-state index contributed by atoms with van der Waals surface area (Å²) in [7, 11) is 0. The summed E-state index contributed by atoms with van der Waals surface area (Å²) >= 11 is 0. The van der Waals surface area contributed by atoms with Gasteiger partial charge < -0.3 is 16.0 Å². The summed E-state index contributed by atoms with van der Waals surface area (Å²) in [6.07, 6.45) is 3.95. The maximum atomic E-state index is 11.1. The summed E-state index contributed by atoms with van der Waals surface area (Å²) in [6.45, 7) is 8.17. The minimum atomic E-state index is -0.326. The fraction of sp³-hybridized carbons (Fsp3) is 0.600. The number of rotatable bonds is 9. The maximum absolute atomic E-state index is 11.1. The fourth-order valence-electron chi connectivity index (χ4n) is 1.84. The maximum Gasteiger partial charge on any atom is 0.236 e. The van der Waals surface area contributed by atoms with E-state index in [0.717, 1.165) is 37.3 Å². The van der Waals surface area contributed by atoms with E-state index in [9.17, 15) is 4.79 Å². The van der Waals surface area contributed by atoms with Gasteiger partial charge in [-0.3, -0.25) is 4.79 Å². The van der Waals surface area contributed by atoms with E-state index in [4.69, 9.17) is 5.73 Å². The van der Waals surface area contributed by atoms with Crippen LogP contribution in [0.2, 0.25) is 0 Å². The smallest absolute Gasteiger partial charge is 0.236 e. The van der Waals surface area contributed by atoms with Crippen molar-refractivity contribution in [2.45, 2.75) is 46.2 Å². The number of nitrogens with zero attached hydrogens (tertiary/aromatic N) is 2. The van der Waals surface area contributed by atoms with Crippen LogP contribution in [0, 0.1) is 0 Å². The Hall–Kier alpha value is -1.62. The number of hydrogen-bond donors (Lipinski definition) is 2. The molecule has 112 valence electrons. The van der Waals surface area contributed by atoms with Crippen LogP contribution in [0.5, 0.6) is 0 Å². The first kappa shape index (κ1) is 16.4. The lowest BCUT2D eigenvalue weighted by Gasteiger charge is -2.22. The molecule has 0 atom stereocenters. The second-order valence-electron chi connectivity index (χ2n) is 5.30. The molecule has 20 heavy (non-hydrogen) atoms. The van der Waals surface area contributed by atoms with E-state index < -0.39 is 0 Å². The molecule has 0 unspecified atom stereocenters.